The molecule has 2 aliphatic heterocycles. The van der Waals surface area contributed by atoms with E-state index in [1.54, 1.807) is 0 Å². The molecule has 0 aromatic heterocycles. The van der Waals surface area contributed by atoms with Crippen LogP contribution in [0.25, 0.3) is 5.57 Å². The number of hydrogen-bond acceptors (Lipinski definition) is 3. The van der Waals surface area contributed by atoms with E-state index in [-0.39, 0.29) is 18.2 Å². The Morgan fingerprint density at radius 2 is 1.55 bits per heavy atom. The van der Waals surface area contributed by atoms with Crippen molar-refractivity contribution in [3.63, 3.8) is 0 Å². The van der Waals surface area contributed by atoms with Gasteiger partial charge in [0, 0.05) is 18.2 Å². The molecule has 0 amide bonds. The van der Waals surface area contributed by atoms with Crippen LogP contribution in [0, 0.1) is 0 Å². The number of hydrogen-bond donors (Lipinski definition) is 0. The van der Waals surface area contributed by atoms with Crippen LogP contribution in [-0.4, -0.2) is 17.1 Å². The molecule has 150 valence electrons. The number of nitrogens with zero attached hydrogens (tertiary/aromatic N) is 1. The van der Waals surface area contributed by atoms with E-state index in [9.17, 15) is 0 Å². The molecule has 0 spiro atoms. The van der Waals surface area contributed by atoms with Crippen LogP contribution in [0.5, 0.6) is 0 Å². The van der Waals surface area contributed by atoms with Crippen LogP contribution < -0.4 is 0 Å². The summed E-state index contributed by atoms with van der Waals surface area (Å²) in [6, 6.07) is 21.3. The lowest BCUT2D eigenvalue weighted by atomic mass is 9.90. The zero-order chi connectivity index (χ0) is 20.2. The van der Waals surface area contributed by atoms with E-state index in [2.05, 4.69) is 98.6 Å². The molecular formula is C26H29NO2. The molecule has 0 bridgehead atoms. The third-order valence-electron chi connectivity index (χ3n) is 5.46. The van der Waals surface area contributed by atoms with E-state index < -0.39 is 0 Å². The third-order valence-corrected chi connectivity index (χ3v) is 5.46. The molecule has 3 nitrogen and oxygen atoms in total. The fourth-order valence-electron chi connectivity index (χ4n) is 4.07. The highest BCUT2D eigenvalue weighted by Crippen LogP contribution is 2.38. The maximum Gasteiger partial charge on any atom is 0.296 e. The van der Waals surface area contributed by atoms with Crippen LogP contribution in [0.1, 0.15) is 50.8 Å². The van der Waals surface area contributed by atoms with Gasteiger partial charge >= 0.3 is 0 Å². The maximum absolute atomic E-state index is 5.99. The summed E-state index contributed by atoms with van der Waals surface area (Å²) in [5.41, 5.74) is 5.07. The van der Waals surface area contributed by atoms with Gasteiger partial charge in [0.05, 0.1) is 12.2 Å². The van der Waals surface area contributed by atoms with Crippen LogP contribution in [-0.2, 0) is 9.47 Å². The van der Waals surface area contributed by atoms with E-state index in [0.717, 1.165) is 12.8 Å². The number of benzene rings is 2. The van der Waals surface area contributed by atoms with E-state index in [4.69, 9.17) is 9.47 Å². The van der Waals surface area contributed by atoms with Crippen molar-refractivity contribution < 1.29 is 9.47 Å². The highest BCUT2D eigenvalue weighted by atomic mass is 16.7. The Morgan fingerprint density at radius 3 is 2.17 bits per heavy atom. The highest BCUT2D eigenvalue weighted by Gasteiger charge is 2.26. The Kier molecular flexibility index (Phi) is 5.75. The van der Waals surface area contributed by atoms with Gasteiger partial charge in [-0.1, -0.05) is 73.7 Å². The SMILES string of the molecule is CCC1=CC(c2ccccc2)N(C=C2OC(C)CC(C)O2)C=C1c1ccccc1. The summed E-state index contributed by atoms with van der Waals surface area (Å²) in [6.07, 6.45) is 8.81. The molecule has 1 saturated heterocycles. The predicted octanol–water partition coefficient (Wildman–Crippen LogP) is 6.43. The van der Waals surface area contributed by atoms with Gasteiger partial charge in [-0.05, 0) is 37.0 Å². The Labute approximate surface area is 174 Å². The minimum absolute atomic E-state index is 0.103. The molecule has 0 aliphatic carbocycles. The monoisotopic (exact) mass is 387 g/mol. The molecule has 3 unspecified atom stereocenters. The van der Waals surface area contributed by atoms with Crippen LogP contribution in [0.15, 0.2) is 90.7 Å². The molecule has 29 heavy (non-hydrogen) atoms. The fourth-order valence-corrected chi connectivity index (χ4v) is 4.07. The highest BCUT2D eigenvalue weighted by molar-refractivity contribution is 5.80. The van der Waals surface area contributed by atoms with Crippen molar-refractivity contribution in [2.24, 2.45) is 0 Å². The summed E-state index contributed by atoms with van der Waals surface area (Å²) in [5.74, 6) is 0.592. The lowest BCUT2D eigenvalue weighted by molar-refractivity contribution is -0.0949. The molecule has 4 rings (SSSR count). The van der Waals surface area contributed by atoms with Gasteiger partial charge in [0.15, 0.2) is 0 Å². The molecule has 3 atom stereocenters. The number of rotatable bonds is 4. The first kappa shape index (κ1) is 19.4. The van der Waals surface area contributed by atoms with Crippen molar-refractivity contribution in [2.75, 3.05) is 0 Å². The Morgan fingerprint density at radius 1 is 0.931 bits per heavy atom. The molecule has 2 heterocycles. The molecule has 0 saturated carbocycles. The first-order valence-electron chi connectivity index (χ1n) is 10.5. The van der Waals surface area contributed by atoms with Crippen molar-refractivity contribution in [1.29, 1.82) is 0 Å². The largest absolute Gasteiger partial charge is 0.461 e. The Hall–Kier alpha value is -2.94. The van der Waals surface area contributed by atoms with E-state index >= 15 is 0 Å². The smallest absolute Gasteiger partial charge is 0.296 e. The molecule has 0 N–H and O–H groups in total. The molecule has 0 radical (unpaired) electrons. The van der Waals surface area contributed by atoms with Gasteiger partial charge in [0.25, 0.3) is 5.95 Å². The number of ether oxygens (including phenoxy) is 2. The third kappa shape index (κ3) is 4.40. The molecule has 2 aromatic rings. The van der Waals surface area contributed by atoms with Gasteiger partial charge < -0.3 is 14.4 Å². The minimum Gasteiger partial charge on any atom is -0.461 e. The molecule has 3 heteroatoms. The van der Waals surface area contributed by atoms with Gasteiger partial charge in [-0.3, -0.25) is 0 Å². The van der Waals surface area contributed by atoms with Crippen molar-refractivity contribution >= 4 is 5.57 Å². The average molecular weight is 388 g/mol. The standard InChI is InChI=1S/C26H29NO2/c1-4-21-16-25(23-13-9-6-10-14-23)27(17-24(21)22-11-7-5-8-12-22)18-26-28-19(2)15-20(3)29-26/h5-14,16-20,25H,4,15H2,1-3H3. The van der Waals surface area contributed by atoms with E-state index in [1.165, 1.54) is 22.3 Å². The second-order valence-electron chi connectivity index (χ2n) is 7.80. The maximum atomic E-state index is 5.99. The quantitative estimate of drug-likeness (QED) is 0.603. The van der Waals surface area contributed by atoms with Crippen molar-refractivity contribution in [3.05, 3.63) is 102 Å². The van der Waals surface area contributed by atoms with Gasteiger partial charge in [0.1, 0.15) is 12.2 Å². The molecule has 2 aliphatic rings. The first-order chi connectivity index (χ1) is 14.1. The predicted molar refractivity (Wildman–Crippen MR) is 118 cm³/mol. The normalized spacial score (nSPS) is 24.2. The van der Waals surface area contributed by atoms with Crippen molar-refractivity contribution in [2.45, 2.75) is 51.9 Å². The first-order valence-corrected chi connectivity index (χ1v) is 10.5. The van der Waals surface area contributed by atoms with Gasteiger partial charge in [-0.25, -0.2) is 0 Å². The zero-order valence-electron chi connectivity index (χ0n) is 17.4. The number of allylic oxidation sites excluding steroid dienone is 2. The lowest BCUT2D eigenvalue weighted by Crippen LogP contribution is -2.28. The second kappa shape index (κ2) is 8.60. The topological polar surface area (TPSA) is 21.7 Å². The Balaban J connectivity index is 1.77. The zero-order valence-corrected chi connectivity index (χ0v) is 17.4. The summed E-state index contributed by atoms with van der Waals surface area (Å²) >= 11 is 0. The van der Waals surface area contributed by atoms with Gasteiger partial charge in [-0.2, -0.15) is 0 Å². The molecular weight excluding hydrogens is 358 g/mol. The summed E-state index contributed by atoms with van der Waals surface area (Å²) in [6.45, 7) is 6.41. The summed E-state index contributed by atoms with van der Waals surface area (Å²) in [7, 11) is 0. The summed E-state index contributed by atoms with van der Waals surface area (Å²) in [5, 5.41) is 0. The van der Waals surface area contributed by atoms with Crippen LogP contribution in [0.4, 0.5) is 0 Å². The summed E-state index contributed by atoms with van der Waals surface area (Å²) < 4.78 is 12.0. The van der Waals surface area contributed by atoms with Gasteiger partial charge in [-0.15, -0.1) is 0 Å². The Bertz CT molecular complexity index is 902. The van der Waals surface area contributed by atoms with Gasteiger partial charge in [0.2, 0.25) is 0 Å². The van der Waals surface area contributed by atoms with Crippen LogP contribution in [0.3, 0.4) is 0 Å². The fraction of sp³-hybridized carbons (Fsp3) is 0.308. The molecule has 1 fully saturated rings. The second-order valence-corrected chi connectivity index (χ2v) is 7.80. The summed E-state index contributed by atoms with van der Waals surface area (Å²) in [4.78, 5) is 2.22. The van der Waals surface area contributed by atoms with Crippen molar-refractivity contribution in [1.82, 2.24) is 4.90 Å². The van der Waals surface area contributed by atoms with E-state index in [0.29, 0.717) is 5.95 Å². The minimum atomic E-state index is 0.103. The van der Waals surface area contributed by atoms with Crippen LogP contribution >= 0.6 is 0 Å². The van der Waals surface area contributed by atoms with E-state index in [1.807, 2.05) is 6.20 Å². The lowest BCUT2D eigenvalue weighted by Gasteiger charge is -2.34. The molecule has 2 aromatic carbocycles. The van der Waals surface area contributed by atoms with Crippen molar-refractivity contribution in [3.8, 4) is 0 Å². The van der Waals surface area contributed by atoms with Crippen LogP contribution in [0.2, 0.25) is 0 Å². The average Bonchev–Trinajstić information content (AvgIpc) is 2.74.